The minimum absolute atomic E-state index is 0.0321. The molecule has 9 heteroatoms. The highest BCUT2D eigenvalue weighted by molar-refractivity contribution is 7.89. The van der Waals surface area contributed by atoms with Crippen LogP contribution in [0.2, 0.25) is 0 Å². The van der Waals surface area contributed by atoms with Gasteiger partial charge < -0.3 is 4.57 Å². The van der Waals surface area contributed by atoms with Crippen molar-refractivity contribution in [3.05, 3.63) is 24.7 Å². The van der Waals surface area contributed by atoms with Gasteiger partial charge in [-0.3, -0.25) is 5.10 Å². The maximum atomic E-state index is 11.8. The summed E-state index contributed by atoms with van der Waals surface area (Å²) in [5.74, 6) is 0.743. The van der Waals surface area contributed by atoms with Gasteiger partial charge in [0.15, 0.2) is 5.03 Å². The van der Waals surface area contributed by atoms with Gasteiger partial charge in [-0.05, 0) is 6.42 Å². The van der Waals surface area contributed by atoms with Crippen LogP contribution in [0.3, 0.4) is 0 Å². The van der Waals surface area contributed by atoms with E-state index in [-0.39, 0.29) is 5.03 Å². The molecule has 0 unspecified atom stereocenters. The van der Waals surface area contributed by atoms with Crippen molar-refractivity contribution in [1.29, 1.82) is 0 Å². The smallest absolute Gasteiger partial charge is 0.259 e. The van der Waals surface area contributed by atoms with Gasteiger partial charge >= 0.3 is 0 Å². The molecule has 2 N–H and O–H groups in total. The minimum atomic E-state index is -3.51. The lowest BCUT2D eigenvalue weighted by Crippen LogP contribution is -2.25. The van der Waals surface area contributed by atoms with E-state index in [4.69, 9.17) is 0 Å². The quantitative estimate of drug-likeness (QED) is 0.685. The van der Waals surface area contributed by atoms with E-state index in [1.165, 1.54) is 18.9 Å². The van der Waals surface area contributed by atoms with Crippen LogP contribution in [-0.4, -0.2) is 39.7 Å². The zero-order valence-corrected chi connectivity index (χ0v) is 10.7. The van der Waals surface area contributed by atoms with Crippen LogP contribution in [0.15, 0.2) is 23.9 Å². The average molecular weight is 270 g/mol. The number of hydrogen-bond donors (Lipinski definition) is 2. The van der Waals surface area contributed by atoms with Gasteiger partial charge in [0.25, 0.3) is 10.0 Å². The predicted octanol–water partition coefficient (Wildman–Crippen LogP) is -0.551. The van der Waals surface area contributed by atoms with Crippen molar-refractivity contribution < 1.29 is 8.42 Å². The normalized spacial score (nSPS) is 11.8. The maximum absolute atomic E-state index is 11.8. The van der Waals surface area contributed by atoms with Crippen LogP contribution in [0.4, 0.5) is 0 Å². The van der Waals surface area contributed by atoms with Crippen molar-refractivity contribution in [1.82, 2.24) is 29.5 Å². The lowest BCUT2D eigenvalue weighted by molar-refractivity contribution is 0.575. The number of sulfonamides is 1. The molecule has 2 aromatic heterocycles. The number of aromatic nitrogens is 5. The van der Waals surface area contributed by atoms with Gasteiger partial charge in [0, 0.05) is 26.2 Å². The number of aromatic amines is 1. The number of nitrogens with zero attached hydrogens (tertiary/aromatic N) is 4. The minimum Gasteiger partial charge on any atom is -0.339 e. The third-order valence-corrected chi connectivity index (χ3v) is 3.65. The number of hydrogen-bond acceptors (Lipinski definition) is 5. The Morgan fingerprint density at radius 2 is 2.28 bits per heavy atom. The summed E-state index contributed by atoms with van der Waals surface area (Å²) < 4.78 is 27.6. The Bertz CT molecular complexity index is 588. The highest BCUT2D eigenvalue weighted by atomic mass is 32.2. The van der Waals surface area contributed by atoms with Crippen molar-refractivity contribution in [3.63, 3.8) is 0 Å². The van der Waals surface area contributed by atoms with Crippen LogP contribution in [0.1, 0.15) is 12.2 Å². The summed E-state index contributed by atoms with van der Waals surface area (Å²) >= 11 is 0. The molecule has 2 heterocycles. The highest BCUT2D eigenvalue weighted by Gasteiger charge is 2.15. The zero-order valence-electron chi connectivity index (χ0n) is 9.87. The Balaban J connectivity index is 1.82. The Labute approximate surface area is 105 Å². The zero-order chi connectivity index (χ0) is 13.0. The molecule has 2 rings (SSSR count). The molecule has 0 aliphatic rings. The van der Waals surface area contributed by atoms with E-state index in [9.17, 15) is 8.42 Å². The van der Waals surface area contributed by atoms with E-state index in [1.807, 2.05) is 0 Å². The first-order valence-corrected chi connectivity index (χ1v) is 6.88. The molecule has 2 aromatic rings. The van der Waals surface area contributed by atoms with Crippen molar-refractivity contribution in [2.24, 2.45) is 7.05 Å². The van der Waals surface area contributed by atoms with Gasteiger partial charge in [-0.25, -0.2) is 23.1 Å². The molecule has 0 amide bonds. The summed E-state index contributed by atoms with van der Waals surface area (Å²) in [5.41, 5.74) is 0. The largest absolute Gasteiger partial charge is 0.339 e. The van der Waals surface area contributed by atoms with Crippen LogP contribution < -0.4 is 4.72 Å². The number of aryl methyl sites for hydroxylation is 2. The van der Waals surface area contributed by atoms with Crippen molar-refractivity contribution in [2.45, 2.75) is 17.9 Å². The van der Waals surface area contributed by atoms with Crippen molar-refractivity contribution >= 4 is 10.0 Å². The Morgan fingerprint density at radius 3 is 2.89 bits per heavy atom. The highest BCUT2D eigenvalue weighted by Crippen LogP contribution is 2.03. The summed E-state index contributed by atoms with van der Waals surface area (Å²) in [7, 11) is -1.79. The molecular weight excluding hydrogens is 256 g/mol. The molecule has 0 saturated carbocycles. The van der Waals surface area contributed by atoms with Crippen molar-refractivity contribution in [3.8, 4) is 0 Å². The molecule has 0 spiro atoms. The van der Waals surface area contributed by atoms with Gasteiger partial charge in [0.05, 0.1) is 6.33 Å². The third-order valence-electron chi connectivity index (χ3n) is 2.30. The Morgan fingerprint density at radius 1 is 1.44 bits per heavy atom. The van der Waals surface area contributed by atoms with Crippen LogP contribution in [0.25, 0.3) is 0 Å². The summed E-state index contributed by atoms with van der Waals surface area (Å²) in [5, 5.41) is 6.46. The summed E-state index contributed by atoms with van der Waals surface area (Å²) in [6, 6.07) is 0. The molecule has 0 aromatic carbocycles. The van der Waals surface area contributed by atoms with Gasteiger partial charge in [-0.1, -0.05) is 0 Å². The second kappa shape index (κ2) is 5.27. The third kappa shape index (κ3) is 3.14. The topological polar surface area (TPSA) is 106 Å². The lowest BCUT2D eigenvalue weighted by atomic mass is 10.3. The SMILES string of the molecule is Cn1cnc(S(=O)(=O)NCCCc2ncn[nH]2)c1. The van der Waals surface area contributed by atoms with Gasteiger partial charge in [-0.15, -0.1) is 0 Å². The molecule has 98 valence electrons. The second-order valence-corrected chi connectivity index (χ2v) is 5.52. The summed E-state index contributed by atoms with van der Waals surface area (Å²) in [4.78, 5) is 7.75. The Hall–Kier alpha value is -1.74. The molecule has 0 aliphatic carbocycles. The van der Waals surface area contributed by atoms with E-state index < -0.39 is 10.0 Å². The maximum Gasteiger partial charge on any atom is 0.259 e. The van der Waals surface area contributed by atoms with Crippen LogP contribution in [0.5, 0.6) is 0 Å². The standard InChI is InChI=1S/C9H14N6O2S/c1-15-5-9(11-7-15)18(16,17)13-4-2-3-8-10-6-12-14-8/h5-7,13H,2-4H2,1H3,(H,10,12,14). The fourth-order valence-corrected chi connectivity index (χ4v) is 2.47. The van der Waals surface area contributed by atoms with E-state index >= 15 is 0 Å². The van der Waals surface area contributed by atoms with Crippen LogP contribution >= 0.6 is 0 Å². The lowest BCUT2D eigenvalue weighted by Gasteiger charge is -2.02. The summed E-state index contributed by atoms with van der Waals surface area (Å²) in [6.45, 7) is 0.333. The number of nitrogens with one attached hydrogen (secondary N) is 2. The number of H-pyrrole nitrogens is 1. The van der Waals surface area contributed by atoms with Crippen molar-refractivity contribution in [2.75, 3.05) is 6.54 Å². The first-order chi connectivity index (χ1) is 8.58. The first kappa shape index (κ1) is 12.7. The van der Waals surface area contributed by atoms with E-state index in [1.54, 1.807) is 11.6 Å². The van der Waals surface area contributed by atoms with Crippen LogP contribution in [-0.2, 0) is 23.5 Å². The van der Waals surface area contributed by atoms with Crippen LogP contribution in [0, 0.1) is 0 Å². The fourth-order valence-electron chi connectivity index (χ4n) is 1.42. The molecule has 8 nitrogen and oxygen atoms in total. The van der Waals surface area contributed by atoms with Gasteiger partial charge in [-0.2, -0.15) is 5.10 Å². The van der Waals surface area contributed by atoms with Gasteiger partial charge in [0.1, 0.15) is 12.2 Å². The number of rotatable bonds is 6. The van der Waals surface area contributed by atoms with E-state index in [0.717, 1.165) is 5.82 Å². The molecule has 18 heavy (non-hydrogen) atoms. The predicted molar refractivity (Wildman–Crippen MR) is 63.1 cm³/mol. The molecule has 0 saturated heterocycles. The van der Waals surface area contributed by atoms with Gasteiger partial charge in [0.2, 0.25) is 0 Å². The Kier molecular flexibility index (Phi) is 3.72. The molecule has 0 fully saturated rings. The fraction of sp³-hybridized carbons (Fsp3) is 0.444. The second-order valence-electron chi connectivity index (χ2n) is 3.81. The number of imidazole rings is 1. The van der Waals surface area contributed by atoms with E-state index in [0.29, 0.717) is 19.4 Å². The molecule has 0 radical (unpaired) electrons. The monoisotopic (exact) mass is 270 g/mol. The van der Waals surface area contributed by atoms with E-state index in [2.05, 4.69) is 24.9 Å². The first-order valence-electron chi connectivity index (χ1n) is 5.40. The molecule has 0 aliphatic heterocycles. The molecular formula is C9H14N6O2S. The summed E-state index contributed by atoms with van der Waals surface area (Å²) in [6.07, 6.45) is 5.61. The molecule has 0 bridgehead atoms. The average Bonchev–Trinajstić information content (AvgIpc) is 2.95. The molecule has 0 atom stereocenters.